The van der Waals surface area contributed by atoms with Gasteiger partial charge in [-0.25, -0.2) is 10.1 Å². The van der Waals surface area contributed by atoms with Gasteiger partial charge in [0.1, 0.15) is 28.2 Å². The lowest BCUT2D eigenvalue weighted by molar-refractivity contribution is -0.158. The van der Waals surface area contributed by atoms with Crippen molar-refractivity contribution in [1.82, 2.24) is 15.1 Å². The number of aromatic nitrogens is 2. The number of ether oxygens (including phenoxy) is 2. The van der Waals surface area contributed by atoms with E-state index in [4.69, 9.17) is 24.3 Å². The smallest absolute Gasteiger partial charge is 0.327 e. The van der Waals surface area contributed by atoms with E-state index in [1.54, 1.807) is 0 Å². The van der Waals surface area contributed by atoms with Crippen LogP contribution in [0.4, 0.5) is 17.5 Å². The van der Waals surface area contributed by atoms with E-state index in [1.807, 2.05) is 51.3 Å². The summed E-state index contributed by atoms with van der Waals surface area (Å²) in [5.41, 5.74) is 7.21. The number of hydrogen-bond acceptors (Lipinski definition) is 12. The maximum absolute atomic E-state index is 13.0. The molecular formula is C27H39N6O5PS. The minimum Gasteiger partial charge on any atom is -0.462 e. The molecule has 4 unspecified atom stereocenters. The number of carbonyl (C=O) groups is 1. The molecule has 13 heteroatoms. The first-order chi connectivity index (χ1) is 19.2. The van der Waals surface area contributed by atoms with Gasteiger partial charge in [-0.15, -0.1) is 11.8 Å². The summed E-state index contributed by atoms with van der Waals surface area (Å²) in [6, 6.07) is 7.80. The number of carbonyl (C=O) groups excluding carboxylic acids is 1. The van der Waals surface area contributed by atoms with Crippen molar-refractivity contribution in [3.8, 4) is 5.75 Å². The normalized spacial score (nSPS) is 23.9. The van der Waals surface area contributed by atoms with Crippen molar-refractivity contribution in [3.63, 3.8) is 0 Å². The zero-order valence-corrected chi connectivity index (χ0v) is 25.4. The number of nitrogen functional groups attached to an aromatic ring is 1. The molecule has 2 aromatic rings. The number of rotatable bonds is 11. The summed E-state index contributed by atoms with van der Waals surface area (Å²) in [6.07, 6.45) is 4.54. The molecule has 218 valence electrons. The summed E-state index contributed by atoms with van der Waals surface area (Å²) in [5, 5.41) is 7.62. The van der Waals surface area contributed by atoms with E-state index in [-0.39, 0.29) is 36.3 Å². The van der Waals surface area contributed by atoms with Crippen LogP contribution < -0.4 is 25.6 Å². The first-order valence-corrected chi connectivity index (χ1v) is 16.1. The molecule has 4 atom stereocenters. The molecule has 1 aromatic heterocycles. The summed E-state index contributed by atoms with van der Waals surface area (Å²) in [7, 11) is -1.65. The minimum absolute atomic E-state index is 0.156. The average Bonchev–Trinajstić information content (AvgIpc) is 3.47. The quantitative estimate of drug-likeness (QED) is 0.143. The second-order valence-corrected chi connectivity index (χ2v) is 12.9. The molecule has 0 spiro atoms. The van der Waals surface area contributed by atoms with E-state index in [1.165, 1.54) is 11.8 Å². The molecule has 0 bridgehead atoms. The Morgan fingerprint density at radius 3 is 2.73 bits per heavy atom. The predicted octanol–water partition coefficient (Wildman–Crippen LogP) is 4.82. The Kier molecular flexibility index (Phi) is 8.92. The fourth-order valence-corrected chi connectivity index (χ4v) is 7.13. The van der Waals surface area contributed by atoms with Gasteiger partial charge in [-0.2, -0.15) is 4.98 Å². The maximum Gasteiger partial charge on any atom is 0.327 e. The highest BCUT2D eigenvalue weighted by atomic mass is 32.2. The summed E-state index contributed by atoms with van der Waals surface area (Å²) in [5.74, 6) is 1.66. The third kappa shape index (κ3) is 6.26. The van der Waals surface area contributed by atoms with Crippen molar-refractivity contribution >= 4 is 43.7 Å². The second-order valence-electron chi connectivity index (χ2n) is 10.9. The Bertz CT molecular complexity index is 1200. The molecule has 0 radical (unpaired) electrons. The maximum atomic E-state index is 13.0. The van der Waals surface area contributed by atoms with Gasteiger partial charge in [-0.05, 0) is 64.8 Å². The number of thioether (sulfide) groups is 1. The molecule has 5 rings (SSSR count). The number of nitrogens with two attached hydrogens (primary N) is 1. The molecule has 40 heavy (non-hydrogen) atoms. The van der Waals surface area contributed by atoms with Crippen LogP contribution in [0.15, 0.2) is 29.3 Å². The van der Waals surface area contributed by atoms with Gasteiger partial charge in [0, 0.05) is 5.92 Å². The van der Waals surface area contributed by atoms with Crippen LogP contribution >= 0.6 is 20.3 Å². The number of nitrogens with one attached hydrogen (secondary N) is 2. The lowest BCUT2D eigenvalue weighted by Gasteiger charge is -2.41. The Balaban J connectivity index is 1.27. The minimum atomic E-state index is -1.65. The molecule has 11 nitrogen and oxygen atoms in total. The van der Waals surface area contributed by atoms with Crippen LogP contribution in [0.2, 0.25) is 0 Å². The van der Waals surface area contributed by atoms with Crippen LogP contribution in [0.5, 0.6) is 5.75 Å². The molecule has 1 aliphatic carbocycles. The van der Waals surface area contributed by atoms with Crippen molar-refractivity contribution in [1.29, 1.82) is 0 Å². The molecule has 1 saturated carbocycles. The SMILES string of the molecule is CSc1nc(N)nc2c1NCN2C1OC(COP(NC2(C(=O)OC(C)C)CCC2)Oc2ccc(C)cc2)CC1C. The van der Waals surface area contributed by atoms with Gasteiger partial charge in [-0.1, -0.05) is 24.6 Å². The summed E-state index contributed by atoms with van der Waals surface area (Å²) < 4.78 is 24.7. The van der Waals surface area contributed by atoms with Crippen LogP contribution in [-0.4, -0.2) is 59.4 Å². The Labute approximate surface area is 241 Å². The highest BCUT2D eigenvalue weighted by Crippen LogP contribution is 2.46. The first-order valence-electron chi connectivity index (χ1n) is 13.7. The van der Waals surface area contributed by atoms with Gasteiger partial charge in [0.05, 0.1) is 25.5 Å². The molecule has 4 N–H and O–H groups in total. The number of nitrogens with zero attached hydrogens (tertiary/aromatic N) is 3. The van der Waals surface area contributed by atoms with Crippen LogP contribution in [-0.2, 0) is 18.8 Å². The van der Waals surface area contributed by atoms with Crippen molar-refractivity contribution in [2.24, 2.45) is 5.92 Å². The number of aryl methyl sites for hydroxylation is 1. The van der Waals surface area contributed by atoms with Crippen LogP contribution in [0, 0.1) is 12.8 Å². The average molecular weight is 591 g/mol. The molecular weight excluding hydrogens is 551 g/mol. The van der Waals surface area contributed by atoms with Crippen LogP contribution in [0.3, 0.4) is 0 Å². The van der Waals surface area contributed by atoms with Crippen molar-refractivity contribution < 1.29 is 23.3 Å². The van der Waals surface area contributed by atoms with Crippen molar-refractivity contribution in [2.75, 3.05) is 35.5 Å². The van der Waals surface area contributed by atoms with Gasteiger partial charge in [0.25, 0.3) is 0 Å². The number of esters is 1. The topological polar surface area (TPSA) is 133 Å². The van der Waals surface area contributed by atoms with E-state index >= 15 is 0 Å². The standard InChI is InChI=1S/C27H39N6O5PS/c1-16(2)36-25(34)27(11-6-12-27)32-39(38-19-9-7-17(3)8-10-19)35-14-20-13-18(4)24(37-20)33-15-29-21-22(33)30-26(28)31-23(21)40-5/h7-10,16,18,20,24,29,32H,6,11-15H2,1-5H3,(H2,28,30,31). The highest BCUT2D eigenvalue weighted by molar-refractivity contribution is 7.98. The fraction of sp³-hybridized carbons (Fsp3) is 0.593. The number of hydrogen-bond donors (Lipinski definition) is 3. The third-order valence-electron chi connectivity index (χ3n) is 7.36. The second kappa shape index (κ2) is 12.2. The van der Waals surface area contributed by atoms with Crippen molar-refractivity contribution in [2.45, 2.75) is 82.4 Å². The lowest BCUT2D eigenvalue weighted by Crippen LogP contribution is -2.56. The Morgan fingerprint density at radius 1 is 1.32 bits per heavy atom. The molecule has 3 aliphatic rings. The molecule has 3 heterocycles. The Morgan fingerprint density at radius 2 is 2.08 bits per heavy atom. The monoisotopic (exact) mass is 590 g/mol. The Hall–Kier alpha value is -2.37. The zero-order valence-electron chi connectivity index (χ0n) is 23.7. The van der Waals surface area contributed by atoms with E-state index in [2.05, 4.69) is 32.2 Å². The lowest BCUT2D eigenvalue weighted by atomic mass is 9.78. The summed E-state index contributed by atoms with van der Waals surface area (Å²) >= 11 is 1.53. The number of benzene rings is 1. The number of fused-ring (bicyclic) bond motifs is 1. The molecule has 2 aliphatic heterocycles. The van der Waals surface area contributed by atoms with Crippen LogP contribution in [0.1, 0.15) is 52.0 Å². The number of anilines is 3. The van der Waals surface area contributed by atoms with Gasteiger partial charge in [-0.3, -0.25) is 4.79 Å². The molecule has 2 fully saturated rings. The fourth-order valence-electron chi connectivity index (χ4n) is 5.13. The van der Waals surface area contributed by atoms with Gasteiger partial charge >= 0.3 is 14.5 Å². The van der Waals surface area contributed by atoms with Gasteiger partial charge in [0.15, 0.2) is 5.82 Å². The summed E-state index contributed by atoms with van der Waals surface area (Å²) in [4.78, 5) is 24.0. The third-order valence-corrected chi connectivity index (χ3v) is 9.41. The van der Waals surface area contributed by atoms with E-state index in [0.29, 0.717) is 31.9 Å². The molecule has 1 aromatic carbocycles. The van der Waals surface area contributed by atoms with E-state index in [9.17, 15) is 4.79 Å². The first kappa shape index (κ1) is 29.1. The zero-order chi connectivity index (χ0) is 28.4. The van der Waals surface area contributed by atoms with E-state index in [0.717, 1.165) is 34.9 Å². The van der Waals surface area contributed by atoms with Crippen LogP contribution in [0.25, 0.3) is 0 Å². The van der Waals surface area contributed by atoms with Gasteiger partial charge < -0.3 is 34.5 Å². The summed E-state index contributed by atoms with van der Waals surface area (Å²) in [6.45, 7) is 8.79. The van der Waals surface area contributed by atoms with Crippen molar-refractivity contribution in [3.05, 3.63) is 29.8 Å². The predicted molar refractivity (Wildman–Crippen MR) is 157 cm³/mol. The largest absolute Gasteiger partial charge is 0.462 e. The molecule has 1 saturated heterocycles. The highest BCUT2D eigenvalue weighted by Gasteiger charge is 2.49. The molecule has 0 amide bonds. The van der Waals surface area contributed by atoms with E-state index < -0.39 is 14.1 Å². The van der Waals surface area contributed by atoms with Gasteiger partial charge in [0.2, 0.25) is 5.95 Å².